The molecule has 0 bridgehead atoms. The quantitative estimate of drug-likeness (QED) is 0.568. The van der Waals surface area contributed by atoms with Crippen molar-refractivity contribution in [1.29, 1.82) is 0 Å². The maximum absolute atomic E-state index is 5.03. The van der Waals surface area contributed by atoms with Crippen molar-refractivity contribution in [3.8, 4) is 0 Å². The Labute approximate surface area is 47.6 Å². The minimum Gasteiger partial charge on any atom is -0.290 e. The summed E-state index contributed by atoms with van der Waals surface area (Å²) in [6.45, 7) is 2.70. The molecule has 7 heavy (non-hydrogen) atoms. The van der Waals surface area contributed by atoms with Crippen LogP contribution >= 0.6 is 11.5 Å². The monoisotopic (exact) mass is 124 g/mol. The lowest BCUT2D eigenvalue weighted by Crippen LogP contribution is -1.86. The SMILES string of the molecule is CCO[SH](C)OC. The summed E-state index contributed by atoms with van der Waals surface area (Å²) in [5, 5.41) is 0. The van der Waals surface area contributed by atoms with Crippen LogP contribution in [-0.4, -0.2) is 20.0 Å². The molecule has 0 aromatic carbocycles. The van der Waals surface area contributed by atoms with Gasteiger partial charge in [-0.25, -0.2) is 11.5 Å². The van der Waals surface area contributed by atoms with E-state index in [9.17, 15) is 0 Å². The lowest BCUT2D eigenvalue weighted by molar-refractivity contribution is 0.326. The van der Waals surface area contributed by atoms with Gasteiger partial charge in [0.2, 0.25) is 0 Å². The third-order valence-corrected chi connectivity index (χ3v) is 1.70. The van der Waals surface area contributed by atoms with Crippen LogP contribution in [0.5, 0.6) is 0 Å². The lowest BCUT2D eigenvalue weighted by Gasteiger charge is -2.15. The van der Waals surface area contributed by atoms with Gasteiger partial charge in [-0.3, -0.25) is 8.37 Å². The van der Waals surface area contributed by atoms with Gasteiger partial charge < -0.3 is 0 Å². The van der Waals surface area contributed by atoms with E-state index in [-0.39, 0.29) is 0 Å². The smallest absolute Gasteiger partial charge is 0.0682 e. The molecule has 0 saturated carbocycles. The topological polar surface area (TPSA) is 18.5 Å². The second kappa shape index (κ2) is 4.43. The fraction of sp³-hybridized carbons (Fsp3) is 1.00. The first-order valence-electron chi connectivity index (χ1n) is 2.22. The van der Waals surface area contributed by atoms with Crippen LogP contribution in [-0.2, 0) is 8.37 Å². The molecule has 0 aliphatic carbocycles. The van der Waals surface area contributed by atoms with E-state index in [0.29, 0.717) is 0 Å². The van der Waals surface area contributed by atoms with E-state index in [1.165, 1.54) is 0 Å². The largest absolute Gasteiger partial charge is 0.290 e. The molecule has 0 rings (SSSR count). The maximum Gasteiger partial charge on any atom is 0.0682 e. The minimum absolute atomic E-state index is 0.578. The van der Waals surface area contributed by atoms with Gasteiger partial charge in [0, 0.05) is 6.26 Å². The molecule has 0 aliphatic heterocycles. The van der Waals surface area contributed by atoms with Crippen LogP contribution in [0.1, 0.15) is 6.92 Å². The first kappa shape index (κ1) is 7.27. The van der Waals surface area contributed by atoms with Crippen molar-refractivity contribution in [2.45, 2.75) is 6.92 Å². The molecule has 0 heterocycles. The minimum atomic E-state index is -0.578. The first-order chi connectivity index (χ1) is 3.31. The van der Waals surface area contributed by atoms with Gasteiger partial charge in [0.1, 0.15) is 0 Å². The van der Waals surface area contributed by atoms with E-state index in [0.717, 1.165) is 6.61 Å². The lowest BCUT2D eigenvalue weighted by atomic mass is 10.9. The molecule has 0 fully saturated rings. The van der Waals surface area contributed by atoms with Crippen molar-refractivity contribution in [2.75, 3.05) is 20.0 Å². The Morgan fingerprint density at radius 2 is 2.14 bits per heavy atom. The highest BCUT2D eigenvalue weighted by molar-refractivity contribution is 8.07. The van der Waals surface area contributed by atoms with Crippen molar-refractivity contribution in [3.63, 3.8) is 0 Å². The molecule has 0 radical (unpaired) electrons. The van der Waals surface area contributed by atoms with Gasteiger partial charge in [0.25, 0.3) is 0 Å². The zero-order valence-electron chi connectivity index (χ0n) is 4.97. The van der Waals surface area contributed by atoms with E-state index in [4.69, 9.17) is 8.37 Å². The summed E-state index contributed by atoms with van der Waals surface area (Å²) in [7, 11) is 1.65. The molecule has 2 nitrogen and oxygen atoms in total. The van der Waals surface area contributed by atoms with E-state index in [1.54, 1.807) is 7.11 Å². The summed E-state index contributed by atoms with van der Waals surface area (Å²) in [6, 6.07) is 0. The van der Waals surface area contributed by atoms with Crippen molar-refractivity contribution in [1.82, 2.24) is 0 Å². The predicted octanol–water partition coefficient (Wildman–Crippen LogP) is 1.13. The summed E-state index contributed by atoms with van der Waals surface area (Å²) in [6.07, 6.45) is 1.93. The molecule has 0 saturated heterocycles. The zero-order chi connectivity index (χ0) is 5.70. The Bertz CT molecular complexity index is 40.7. The molecule has 0 aliphatic rings. The van der Waals surface area contributed by atoms with Crippen LogP contribution in [0, 0.1) is 0 Å². The van der Waals surface area contributed by atoms with Crippen molar-refractivity contribution in [2.24, 2.45) is 0 Å². The van der Waals surface area contributed by atoms with Crippen LogP contribution in [0.2, 0.25) is 0 Å². The molecule has 0 aromatic rings. The van der Waals surface area contributed by atoms with Gasteiger partial charge in [-0.05, 0) is 6.92 Å². The van der Waals surface area contributed by atoms with Crippen LogP contribution in [0.25, 0.3) is 0 Å². The summed E-state index contributed by atoms with van der Waals surface area (Å²) in [5.41, 5.74) is 0. The maximum atomic E-state index is 5.03. The Morgan fingerprint density at radius 3 is 2.29 bits per heavy atom. The summed E-state index contributed by atoms with van der Waals surface area (Å²) < 4.78 is 9.87. The Balaban J connectivity index is 2.83. The number of hydrogen-bond acceptors (Lipinski definition) is 2. The molecular weight excluding hydrogens is 112 g/mol. The fourth-order valence-corrected chi connectivity index (χ4v) is 0.704. The Morgan fingerprint density at radius 1 is 1.57 bits per heavy atom. The van der Waals surface area contributed by atoms with E-state index in [1.807, 2.05) is 13.2 Å². The van der Waals surface area contributed by atoms with Gasteiger partial charge in [0.05, 0.1) is 13.7 Å². The van der Waals surface area contributed by atoms with Gasteiger partial charge in [-0.1, -0.05) is 0 Å². The van der Waals surface area contributed by atoms with Crippen LogP contribution in [0.3, 0.4) is 0 Å². The Hall–Kier alpha value is 0.270. The third kappa shape index (κ3) is 4.12. The molecule has 1 unspecified atom stereocenters. The number of rotatable bonds is 3. The van der Waals surface area contributed by atoms with Crippen LogP contribution in [0.15, 0.2) is 0 Å². The highest BCUT2D eigenvalue weighted by atomic mass is 32.2. The van der Waals surface area contributed by atoms with Crippen molar-refractivity contribution >= 4 is 11.5 Å². The summed E-state index contributed by atoms with van der Waals surface area (Å²) in [4.78, 5) is 0. The summed E-state index contributed by atoms with van der Waals surface area (Å²) >= 11 is -0.578. The van der Waals surface area contributed by atoms with E-state index in [2.05, 4.69) is 0 Å². The Kier molecular flexibility index (Phi) is 4.60. The van der Waals surface area contributed by atoms with Gasteiger partial charge >= 0.3 is 0 Å². The molecule has 0 N–H and O–H groups in total. The van der Waals surface area contributed by atoms with Gasteiger partial charge in [-0.2, -0.15) is 0 Å². The molecular formula is C4H12O2S. The predicted molar refractivity (Wildman–Crippen MR) is 33.5 cm³/mol. The average Bonchev–Trinajstić information content (AvgIpc) is 1.68. The molecule has 0 aromatic heterocycles. The molecule has 0 amide bonds. The number of thiol groups is 1. The summed E-state index contributed by atoms with van der Waals surface area (Å²) in [5.74, 6) is 0. The van der Waals surface area contributed by atoms with Crippen molar-refractivity contribution in [3.05, 3.63) is 0 Å². The fourth-order valence-electron chi connectivity index (χ4n) is 0.235. The molecule has 46 valence electrons. The number of hydrogen-bond donors (Lipinski definition) is 1. The van der Waals surface area contributed by atoms with Crippen molar-refractivity contribution < 1.29 is 8.37 Å². The second-order valence-electron chi connectivity index (χ2n) is 1.04. The van der Waals surface area contributed by atoms with E-state index < -0.39 is 11.5 Å². The third-order valence-electron chi connectivity index (χ3n) is 0.568. The van der Waals surface area contributed by atoms with E-state index >= 15 is 0 Å². The standard InChI is InChI=1S/C4H12O2S/c1-4-6-7(3)5-2/h7H,4H2,1-3H3. The van der Waals surface area contributed by atoms with Gasteiger partial charge in [0.15, 0.2) is 0 Å². The first-order valence-corrected chi connectivity index (χ1v) is 3.84. The average molecular weight is 124 g/mol. The van der Waals surface area contributed by atoms with Crippen LogP contribution in [0.4, 0.5) is 0 Å². The molecule has 3 heteroatoms. The highest BCUT2D eigenvalue weighted by Crippen LogP contribution is 2.19. The second-order valence-corrected chi connectivity index (χ2v) is 2.54. The normalized spacial score (nSPS) is 16.7. The molecule has 1 atom stereocenters. The molecule has 0 spiro atoms. The van der Waals surface area contributed by atoms with Crippen LogP contribution < -0.4 is 0 Å². The zero-order valence-corrected chi connectivity index (χ0v) is 5.87. The van der Waals surface area contributed by atoms with Gasteiger partial charge in [-0.15, -0.1) is 0 Å². The highest BCUT2D eigenvalue weighted by Gasteiger charge is 1.81.